The van der Waals surface area contributed by atoms with Crippen LogP contribution in [0, 0.1) is 21.7 Å². The number of pyridine rings is 1. The minimum absolute atomic E-state index is 0.0146. The van der Waals surface area contributed by atoms with Crippen molar-refractivity contribution in [3.05, 3.63) is 52.1 Å². The Morgan fingerprint density at radius 3 is 2.61 bits per heavy atom. The highest BCUT2D eigenvalue weighted by atomic mass is 19.1. The average molecular weight is 251 g/mol. The highest BCUT2D eigenvalue weighted by molar-refractivity contribution is 5.71. The van der Waals surface area contributed by atoms with Crippen molar-refractivity contribution in [1.82, 2.24) is 4.98 Å². The molecule has 0 amide bonds. The van der Waals surface area contributed by atoms with Crippen LogP contribution in [0.15, 0.2) is 30.3 Å². The van der Waals surface area contributed by atoms with Gasteiger partial charge in [-0.15, -0.1) is 0 Å². The van der Waals surface area contributed by atoms with Gasteiger partial charge in [-0.05, 0) is 24.3 Å². The zero-order valence-electron chi connectivity index (χ0n) is 8.93. The number of nitrogen functional groups attached to an aromatic ring is 1. The lowest BCUT2D eigenvalue weighted by Crippen LogP contribution is -2.00. The summed E-state index contributed by atoms with van der Waals surface area (Å²) in [6.07, 6.45) is 0. The molecule has 7 heteroatoms. The molecule has 0 atom stereocenters. The van der Waals surface area contributed by atoms with E-state index in [1.54, 1.807) is 0 Å². The van der Waals surface area contributed by atoms with Gasteiger partial charge in [-0.1, -0.05) is 0 Å². The summed E-state index contributed by atoms with van der Waals surface area (Å²) < 4.78 is 26.6. The molecule has 5 nitrogen and oxygen atoms in total. The van der Waals surface area contributed by atoms with Crippen LogP contribution in [-0.2, 0) is 0 Å². The number of hydrogen-bond donors (Lipinski definition) is 1. The van der Waals surface area contributed by atoms with Gasteiger partial charge < -0.3 is 5.73 Å². The molecule has 0 aliphatic carbocycles. The zero-order chi connectivity index (χ0) is 13.3. The Kier molecular flexibility index (Phi) is 2.88. The second-order valence-corrected chi connectivity index (χ2v) is 3.49. The lowest BCUT2D eigenvalue weighted by molar-refractivity contribution is -0.384. The summed E-state index contributed by atoms with van der Waals surface area (Å²) in [4.78, 5) is 13.8. The van der Waals surface area contributed by atoms with E-state index in [1.807, 2.05) is 0 Å². The van der Waals surface area contributed by atoms with Crippen LogP contribution in [0.2, 0.25) is 0 Å². The molecule has 2 N–H and O–H groups in total. The van der Waals surface area contributed by atoms with Crippen molar-refractivity contribution < 1.29 is 13.7 Å². The van der Waals surface area contributed by atoms with Crippen molar-refractivity contribution in [2.75, 3.05) is 5.73 Å². The molecule has 0 unspecified atom stereocenters. The molecule has 2 rings (SSSR count). The molecule has 0 radical (unpaired) electrons. The first-order valence-electron chi connectivity index (χ1n) is 4.85. The van der Waals surface area contributed by atoms with Gasteiger partial charge >= 0.3 is 0 Å². The molecule has 1 aromatic heterocycles. The summed E-state index contributed by atoms with van der Waals surface area (Å²) in [5.74, 6) is -1.54. The Bertz CT molecular complexity index is 632. The first kappa shape index (κ1) is 11.9. The SMILES string of the molecule is Nc1ccc([N+](=O)[O-])c(-c2cc(F)ccc2F)n1. The van der Waals surface area contributed by atoms with Gasteiger partial charge in [-0.25, -0.2) is 13.8 Å². The predicted octanol–water partition coefficient (Wildman–Crippen LogP) is 2.52. The van der Waals surface area contributed by atoms with E-state index in [4.69, 9.17) is 5.73 Å². The Morgan fingerprint density at radius 1 is 1.22 bits per heavy atom. The van der Waals surface area contributed by atoms with Crippen LogP contribution in [0.3, 0.4) is 0 Å². The minimum Gasteiger partial charge on any atom is -0.384 e. The average Bonchev–Trinajstić information content (AvgIpc) is 2.31. The third-order valence-corrected chi connectivity index (χ3v) is 2.28. The molecule has 0 aliphatic heterocycles. The Labute approximate surface area is 100 Å². The molecule has 1 heterocycles. The highest BCUT2D eigenvalue weighted by Crippen LogP contribution is 2.30. The second kappa shape index (κ2) is 4.36. The third kappa shape index (κ3) is 2.10. The van der Waals surface area contributed by atoms with Gasteiger partial charge in [0.15, 0.2) is 5.69 Å². The van der Waals surface area contributed by atoms with Gasteiger partial charge in [0.05, 0.1) is 4.92 Å². The van der Waals surface area contributed by atoms with Crippen LogP contribution < -0.4 is 5.73 Å². The van der Waals surface area contributed by atoms with E-state index in [9.17, 15) is 18.9 Å². The van der Waals surface area contributed by atoms with E-state index in [-0.39, 0.29) is 17.1 Å². The van der Waals surface area contributed by atoms with Crippen molar-refractivity contribution in [3.8, 4) is 11.3 Å². The summed E-state index contributed by atoms with van der Waals surface area (Å²) >= 11 is 0. The summed E-state index contributed by atoms with van der Waals surface area (Å²) in [7, 11) is 0. The molecular formula is C11H7F2N3O2. The number of nitrogens with two attached hydrogens (primary N) is 1. The number of anilines is 1. The molecule has 0 fully saturated rings. The fourth-order valence-electron chi connectivity index (χ4n) is 1.49. The van der Waals surface area contributed by atoms with Gasteiger partial charge in [0.2, 0.25) is 0 Å². The summed E-state index contributed by atoms with van der Waals surface area (Å²) in [6.45, 7) is 0. The number of halogens is 2. The van der Waals surface area contributed by atoms with Gasteiger partial charge in [0.1, 0.15) is 17.5 Å². The Hall–Kier alpha value is -2.57. The van der Waals surface area contributed by atoms with Crippen LogP contribution in [-0.4, -0.2) is 9.91 Å². The van der Waals surface area contributed by atoms with Crippen LogP contribution in [0.4, 0.5) is 20.3 Å². The van der Waals surface area contributed by atoms with Crippen LogP contribution in [0.5, 0.6) is 0 Å². The predicted molar refractivity (Wildman–Crippen MR) is 60.7 cm³/mol. The van der Waals surface area contributed by atoms with Gasteiger partial charge in [-0.2, -0.15) is 0 Å². The molecule has 18 heavy (non-hydrogen) atoms. The van der Waals surface area contributed by atoms with Crippen molar-refractivity contribution in [3.63, 3.8) is 0 Å². The topological polar surface area (TPSA) is 82.0 Å². The van der Waals surface area contributed by atoms with E-state index in [0.717, 1.165) is 24.3 Å². The number of nitrogens with zero attached hydrogens (tertiary/aromatic N) is 2. The van der Waals surface area contributed by atoms with E-state index in [1.165, 1.54) is 6.07 Å². The van der Waals surface area contributed by atoms with Gasteiger partial charge in [0.25, 0.3) is 5.69 Å². The molecule has 0 aliphatic rings. The van der Waals surface area contributed by atoms with Gasteiger partial charge in [0, 0.05) is 11.6 Å². The molecule has 1 aromatic carbocycles. The van der Waals surface area contributed by atoms with Crippen molar-refractivity contribution in [2.24, 2.45) is 0 Å². The fraction of sp³-hybridized carbons (Fsp3) is 0. The maximum Gasteiger partial charge on any atom is 0.295 e. The highest BCUT2D eigenvalue weighted by Gasteiger charge is 2.20. The van der Waals surface area contributed by atoms with Crippen molar-refractivity contribution in [1.29, 1.82) is 0 Å². The van der Waals surface area contributed by atoms with E-state index in [0.29, 0.717) is 0 Å². The minimum atomic E-state index is -0.808. The van der Waals surface area contributed by atoms with Crippen LogP contribution in [0.25, 0.3) is 11.3 Å². The quantitative estimate of drug-likeness (QED) is 0.656. The van der Waals surface area contributed by atoms with Crippen molar-refractivity contribution >= 4 is 11.5 Å². The summed E-state index contributed by atoms with van der Waals surface area (Å²) in [5.41, 5.74) is 4.38. The molecule has 0 saturated carbocycles. The summed E-state index contributed by atoms with van der Waals surface area (Å²) in [5, 5.41) is 10.8. The van der Waals surface area contributed by atoms with Crippen molar-refractivity contribution in [2.45, 2.75) is 0 Å². The Balaban J connectivity index is 2.73. The number of hydrogen-bond acceptors (Lipinski definition) is 4. The summed E-state index contributed by atoms with van der Waals surface area (Å²) in [6, 6.07) is 4.95. The van der Waals surface area contributed by atoms with E-state index < -0.39 is 22.2 Å². The molecular weight excluding hydrogens is 244 g/mol. The fourth-order valence-corrected chi connectivity index (χ4v) is 1.49. The third-order valence-electron chi connectivity index (χ3n) is 2.28. The van der Waals surface area contributed by atoms with E-state index in [2.05, 4.69) is 4.98 Å². The zero-order valence-corrected chi connectivity index (χ0v) is 8.93. The van der Waals surface area contributed by atoms with E-state index >= 15 is 0 Å². The molecule has 92 valence electrons. The monoisotopic (exact) mass is 251 g/mol. The molecule has 0 spiro atoms. The maximum atomic E-state index is 13.6. The normalized spacial score (nSPS) is 10.3. The van der Waals surface area contributed by atoms with Crippen LogP contribution in [0.1, 0.15) is 0 Å². The Morgan fingerprint density at radius 2 is 1.94 bits per heavy atom. The molecule has 0 bridgehead atoms. The number of nitro groups is 1. The smallest absolute Gasteiger partial charge is 0.295 e. The first-order valence-corrected chi connectivity index (χ1v) is 4.85. The number of aromatic nitrogens is 1. The molecule has 0 saturated heterocycles. The lowest BCUT2D eigenvalue weighted by atomic mass is 10.1. The maximum absolute atomic E-state index is 13.6. The standard InChI is InChI=1S/C11H7F2N3O2/c12-6-1-2-8(13)7(5-6)11-9(16(17)18)3-4-10(14)15-11/h1-5H,(H2,14,15). The largest absolute Gasteiger partial charge is 0.384 e. The number of rotatable bonds is 2. The van der Waals surface area contributed by atoms with Crippen LogP contribution >= 0.6 is 0 Å². The lowest BCUT2D eigenvalue weighted by Gasteiger charge is -2.05. The second-order valence-electron chi connectivity index (χ2n) is 3.49. The van der Waals surface area contributed by atoms with Gasteiger partial charge in [-0.3, -0.25) is 10.1 Å². The number of benzene rings is 1. The first-order chi connectivity index (χ1) is 8.49. The molecule has 2 aromatic rings.